The predicted octanol–water partition coefficient (Wildman–Crippen LogP) is 1.90. The third-order valence-electron chi connectivity index (χ3n) is 6.97. The maximum absolute atomic E-state index is 13.8. The van der Waals surface area contributed by atoms with Gasteiger partial charge >= 0.3 is 0 Å². The molecule has 9 heteroatoms. The summed E-state index contributed by atoms with van der Waals surface area (Å²) < 4.78 is 1.63. The van der Waals surface area contributed by atoms with Gasteiger partial charge in [0.1, 0.15) is 12.1 Å². The molecule has 2 saturated carbocycles. The summed E-state index contributed by atoms with van der Waals surface area (Å²) in [5, 5.41) is 31.3. The highest BCUT2D eigenvalue weighted by molar-refractivity contribution is 5.90. The van der Waals surface area contributed by atoms with E-state index in [9.17, 15) is 20.0 Å². The monoisotopic (exact) mass is 442 g/mol. The zero-order chi connectivity index (χ0) is 23.0. The van der Waals surface area contributed by atoms with Gasteiger partial charge in [0.15, 0.2) is 0 Å². The molecule has 174 valence electrons. The number of carbonyl (C=O) groups is 2. The molecule has 1 aromatic rings. The number of amides is 2. The first-order valence-electron chi connectivity index (χ1n) is 11.8. The Balaban J connectivity index is 1.54. The molecule has 3 aliphatic rings. The van der Waals surface area contributed by atoms with Crippen molar-refractivity contribution in [1.29, 1.82) is 5.26 Å². The van der Waals surface area contributed by atoms with Crippen molar-refractivity contribution >= 4 is 11.8 Å². The van der Waals surface area contributed by atoms with E-state index in [2.05, 4.69) is 21.7 Å². The molecule has 3 fully saturated rings. The minimum atomic E-state index is -0.758. The summed E-state index contributed by atoms with van der Waals surface area (Å²) in [6.07, 6.45) is 6.99. The maximum Gasteiger partial charge on any atom is 0.248 e. The molecule has 2 aliphatic carbocycles. The molecule has 0 spiro atoms. The van der Waals surface area contributed by atoms with Crippen molar-refractivity contribution in [1.82, 2.24) is 25.2 Å². The normalized spacial score (nSPS) is 29.4. The van der Waals surface area contributed by atoms with E-state index >= 15 is 0 Å². The van der Waals surface area contributed by atoms with E-state index in [1.54, 1.807) is 4.68 Å². The molecule has 0 radical (unpaired) electrons. The first-order valence-corrected chi connectivity index (χ1v) is 11.8. The van der Waals surface area contributed by atoms with Gasteiger partial charge in [0.25, 0.3) is 0 Å². The molecule has 1 aliphatic heterocycles. The lowest BCUT2D eigenvalue weighted by molar-refractivity contribution is -0.144. The van der Waals surface area contributed by atoms with Gasteiger partial charge < -0.3 is 15.3 Å². The number of nitrogens with one attached hydrogen (secondary N) is 1. The van der Waals surface area contributed by atoms with Gasteiger partial charge in [-0.1, -0.05) is 38.8 Å². The number of carbonyl (C=O) groups excluding carboxylic acids is 2. The Morgan fingerprint density at radius 1 is 1.25 bits per heavy atom. The van der Waals surface area contributed by atoms with E-state index < -0.39 is 23.6 Å². The number of β-amino-alcohol motifs (C(OH)–C–C–N with tert-alkyl or cyclic N) is 1. The highest BCUT2D eigenvalue weighted by Crippen LogP contribution is 2.40. The Bertz CT molecular complexity index is 896. The molecule has 2 heterocycles. The maximum atomic E-state index is 13.8. The average molecular weight is 443 g/mol. The Morgan fingerprint density at radius 2 is 1.97 bits per heavy atom. The van der Waals surface area contributed by atoms with Crippen LogP contribution in [-0.4, -0.2) is 61.5 Å². The molecule has 0 aromatic carbocycles. The molecule has 2 unspecified atom stereocenters. The van der Waals surface area contributed by atoms with Crippen LogP contribution in [0.1, 0.15) is 83.4 Å². The lowest BCUT2D eigenvalue weighted by Crippen LogP contribution is -2.53. The molecule has 5 atom stereocenters. The van der Waals surface area contributed by atoms with Gasteiger partial charge in [0.2, 0.25) is 11.8 Å². The fraction of sp³-hybridized carbons (Fsp3) is 0.783. The standard InChI is InChI=1S/C23H34N6O3/c1-23(2,3)20(29-13-18(26-27-29)14-8-9-14)22(32)28-12-16(30)10-19(28)21(31)25-17-7-5-4-6-15(17)11-24/h13-17,19-20,30H,4-10,12H2,1-3H3,(H,25,31)/t15?,16-,17?,19+,20+/m1/s1. The van der Waals surface area contributed by atoms with Crippen LogP contribution in [0.3, 0.4) is 0 Å². The van der Waals surface area contributed by atoms with Gasteiger partial charge in [0.05, 0.1) is 23.8 Å². The van der Waals surface area contributed by atoms with Gasteiger partial charge in [-0.2, -0.15) is 5.26 Å². The second-order valence-electron chi connectivity index (χ2n) is 10.7. The van der Waals surface area contributed by atoms with Crippen LogP contribution in [0.15, 0.2) is 6.20 Å². The molecule has 1 saturated heterocycles. The van der Waals surface area contributed by atoms with Crippen molar-refractivity contribution in [2.75, 3.05) is 6.54 Å². The third kappa shape index (κ3) is 4.65. The van der Waals surface area contributed by atoms with Crippen LogP contribution in [0.25, 0.3) is 0 Å². The van der Waals surface area contributed by atoms with E-state index in [1.807, 2.05) is 27.0 Å². The summed E-state index contributed by atoms with van der Waals surface area (Å²) in [6.45, 7) is 6.01. The zero-order valence-corrected chi connectivity index (χ0v) is 19.2. The number of hydrogen-bond acceptors (Lipinski definition) is 6. The van der Waals surface area contributed by atoms with Crippen molar-refractivity contribution in [2.45, 2.75) is 95.9 Å². The van der Waals surface area contributed by atoms with Crippen LogP contribution in [0.2, 0.25) is 0 Å². The number of rotatable bonds is 5. The van der Waals surface area contributed by atoms with Crippen LogP contribution in [0.4, 0.5) is 0 Å². The quantitative estimate of drug-likeness (QED) is 0.718. The van der Waals surface area contributed by atoms with Crippen molar-refractivity contribution in [2.24, 2.45) is 11.3 Å². The number of likely N-dealkylation sites (tertiary alicyclic amines) is 1. The number of aliphatic hydroxyl groups is 1. The summed E-state index contributed by atoms with van der Waals surface area (Å²) >= 11 is 0. The summed E-state index contributed by atoms with van der Waals surface area (Å²) in [7, 11) is 0. The van der Waals surface area contributed by atoms with Gasteiger partial charge in [-0.3, -0.25) is 9.59 Å². The number of aliphatic hydroxyl groups excluding tert-OH is 1. The Labute approximate surface area is 189 Å². The predicted molar refractivity (Wildman–Crippen MR) is 116 cm³/mol. The number of nitriles is 1. The van der Waals surface area contributed by atoms with Gasteiger partial charge in [0, 0.05) is 31.1 Å². The van der Waals surface area contributed by atoms with Crippen LogP contribution < -0.4 is 5.32 Å². The zero-order valence-electron chi connectivity index (χ0n) is 19.2. The minimum absolute atomic E-state index is 0.111. The fourth-order valence-electron chi connectivity index (χ4n) is 5.06. The minimum Gasteiger partial charge on any atom is -0.391 e. The van der Waals surface area contributed by atoms with Crippen molar-refractivity contribution < 1.29 is 14.7 Å². The van der Waals surface area contributed by atoms with Crippen molar-refractivity contribution in [3.05, 3.63) is 11.9 Å². The first kappa shape index (κ1) is 22.7. The molecule has 4 rings (SSSR count). The lowest BCUT2D eigenvalue weighted by atomic mass is 9.85. The number of aromatic nitrogens is 3. The second kappa shape index (κ2) is 8.81. The van der Waals surface area contributed by atoms with Crippen LogP contribution in [0, 0.1) is 22.7 Å². The summed E-state index contributed by atoms with van der Waals surface area (Å²) in [5.74, 6) is -0.300. The van der Waals surface area contributed by atoms with E-state index in [4.69, 9.17) is 0 Å². The van der Waals surface area contributed by atoms with Crippen LogP contribution in [-0.2, 0) is 9.59 Å². The summed E-state index contributed by atoms with van der Waals surface area (Å²) in [4.78, 5) is 28.4. The van der Waals surface area contributed by atoms with E-state index in [1.165, 1.54) is 4.90 Å². The van der Waals surface area contributed by atoms with Gasteiger partial charge in [-0.05, 0) is 31.1 Å². The van der Waals surface area contributed by atoms with E-state index in [0.29, 0.717) is 5.92 Å². The molecule has 2 amide bonds. The highest BCUT2D eigenvalue weighted by Gasteiger charge is 2.46. The molecule has 0 bridgehead atoms. The molecule has 9 nitrogen and oxygen atoms in total. The first-order chi connectivity index (χ1) is 15.2. The summed E-state index contributed by atoms with van der Waals surface area (Å²) in [5.41, 5.74) is 0.442. The fourth-order valence-corrected chi connectivity index (χ4v) is 5.06. The molecular formula is C23H34N6O3. The Hall–Kier alpha value is -2.47. The molecule has 2 N–H and O–H groups in total. The van der Waals surface area contributed by atoms with E-state index in [0.717, 1.165) is 44.2 Å². The SMILES string of the molecule is CC(C)(C)[C@H](C(=O)N1C[C@H](O)C[C@H]1C(=O)NC1CCCCC1C#N)n1cc(C2CC2)nn1. The van der Waals surface area contributed by atoms with Gasteiger partial charge in [-0.25, -0.2) is 4.68 Å². The largest absolute Gasteiger partial charge is 0.391 e. The van der Waals surface area contributed by atoms with Crippen LogP contribution >= 0.6 is 0 Å². The Kier molecular flexibility index (Phi) is 6.26. The second-order valence-corrected chi connectivity index (χ2v) is 10.7. The van der Waals surface area contributed by atoms with Crippen LogP contribution in [0.5, 0.6) is 0 Å². The number of nitrogens with zero attached hydrogens (tertiary/aromatic N) is 5. The Morgan fingerprint density at radius 3 is 2.62 bits per heavy atom. The summed E-state index contributed by atoms with van der Waals surface area (Å²) in [6, 6.07) is 0.713. The molecular weight excluding hydrogens is 408 g/mol. The number of hydrogen-bond donors (Lipinski definition) is 2. The van der Waals surface area contributed by atoms with Gasteiger partial charge in [-0.15, -0.1) is 5.10 Å². The third-order valence-corrected chi connectivity index (χ3v) is 6.97. The molecule has 1 aromatic heterocycles. The van der Waals surface area contributed by atoms with E-state index in [-0.39, 0.29) is 36.7 Å². The lowest BCUT2D eigenvalue weighted by Gasteiger charge is -2.35. The topological polar surface area (TPSA) is 124 Å². The van der Waals surface area contributed by atoms with Crippen molar-refractivity contribution in [3.63, 3.8) is 0 Å². The van der Waals surface area contributed by atoms with Crippen molar-refractivity contribution in [3.8, 4) is 6.07 Å². The smallest absolute Gasteiger partial charge is 0.248 e. The highest BCUT2D eigenvalue weighted by atomic mass is 16.3. The average Bonchev–Trinajstić information content (AvgIpc) is 3.35. The molecule has 32 heavy (non-hydrogen) atoms.